The minimum absolute atomic E-state index is 0.0711. The molecule has 5 nitrogen and oxygen atoms in total. The van der Waals surface area contributed by atoms with Crippen LogP contribution in [0.25, 0.3) is 0 Å². The highest BCUT2D eigenvalue weighted by Gasteiger charge is 2.22. The van der Waals surface area contributed by atoms with Crippen molar-refractivity contribution >= 4 is 11.9 Å². The average molecular weight is 228 g/mol. The minimum Gasteiger partial charge on any atom is -0.370 e. The number of hydrogen-bond acceptors (Lipinski definition) is 2. The van der Waals surface area contributed by atoms with Gasteiger partial charge in [-0.2, -0.15) is 0 Å². The van der Waals surface area contributed by atoms with Crippen molar-refractivity contribution < 1.29 is 4.79 Å². The smallest absolute Gasteiger partial charge is 0.225 e. The van der Waals surface area contributed by atoms with E-state index in [4.69, 9.17) is 11.5 Å². The highest BCUT2D eigenvalue weighted by Crippen LogP contribution is 2.13. The van der Waals surface area contributed by atoms with Crippen LogP contribution in [0.2, 0.25) is 0 Å². The second kappa shape index (κ2) is 6.35. The molecule has 0 radical (unpaired) electrons. The molecule has 0 saturated heterocycles. The van der Waals surface area contributed by atoms with Gasteiger partial charge in [-0.1, -0.05) is 20.8 Å². The number of hydrogen-bond donors (Lipinski definition) is 3. The average Bonchev–Trinajstić information content (AvgIpc) is 2.10. The van der Waals surface area contributed by atoms with Crippen LogP contribution in [0.3, 0.4) is 0 Å². The molecule has 0 spiro atoms. The summed E-state index contributed by atoms with van der Waals surface area (Å²) >= 11 is 0. The zero-order valence-electron chi connectivity index (χ0n) is 10.7. The lowest BCUT2D eigenvalue weighted by Gasteiger charge is -2.21. The van der Waals surface area contributed by atoms with E-state index >= 15 is 0 Å². The predicted molar refractivity (Wildman–Crippen MR) is 67.0 cm³/mol. The molecule has 0 fully saturated rings. The van der Waals surface area contributed by atoms with Gasteiger partial charge in [0.05, 0.1) is 0 Å². The lowest BCUT2D eigenvalue weighted by Crippen LogP contribution is -2.40. The number of carbonyl (C=O) groups is 1. The largest absolute Gasteiger partial charge is 0.370 e. The molecule has 0 bridgehead atoms. The third-order valence-electron chi connectivity index (χ3n) is 2.15. The van der Waals surface area contributed by atoms with E-state index in [9.17, 15) is 4.79 Å². The normalized spacial score (nSPS) is 13.0. The van der Waals surface area contributed by atoms with Gasteiger partial charge >= 0.3 is 0 Å². The zero-order valence-corrected chi connectivity index (χ0v) is 10.7. The van der Waals surface area contributed by atoms with Crippen LogP contribution in [0, 0.1) is 5.41 Å². The van der Waals surface area contributed by atoms with Gasteiger partial charge in [-0.05, 0) is 19.8 Å². The molecule has 0 heterocycles. The predicted octanol–water partition coefficient (Wildman–Crippen LogP) is 0.591. The molecule has 0 aliphatic heterocycles. The summed E-state index contributed by atoms with van der Waals surface area (Å²) in [4.78, 5) is 15.5. The maximum absolute atomic E-state index is 11.6. The van der Waals surface area contributed by atoms with Crippen LogP contribution in [0.4, 0.5) is 0 Å². The van der Waals surface area contributed by atoms with Gasteiger partial charge in [0, 0.05) is 18.0 Å². The Hall–Kier alpha value is -1.26. The monoisotopic (exact) mass is 228 g/mol. The Balaban J connectivity index is 3.79. The van der Waals surface area contributed by atoms with Crippen molar-refractivity contribution in [3.05, 3.63) is 0 Å². The van der Waals surface area contributed by atoms with E-state index in [1.165, 1.54) is 0 Å². The van der Waals surface area contributed by atoms with Crippen LogP contribution in [0.5, 0.6) is 0 Å². The van der Waals surface area contributed by atoms with E-state index in [1.807, 2.05) is 27.7 Å². The first-order chi connectivity index (χ1) is 7.23. The second-order valence-corrected chi connectivity index (χ2v) is 5.07. The second-order valence-electron chi connectivity index (χ2n) is 5.07. The summed E-state index contributed by atoms with van der Waals surface area (Å²) in [5.74, 6) is 0.188. The third-order valence-corrected chi connectivity index (χ3v) is 2.15. The number of amides is 1. The number of carbonyl (C=O) groups excluding carboxylic acids is 1. The van der Waals surface area contributed by atoms with Crippen LogP contribution in [0.15, 0.2) is 4.99 Å². The molecule has 5 heteroatoms. The zero-order chi connectivity index (χ0) is 12.8. The van der Waals surface area contributed by atoms with Gasteiger partial charge in [0.1, 0.15) is 0 Å². The molecule has 1 unspecified atom stereocenters. The minimum atomic E-state index is -0.339. The van der Waals surface area contributed by atoms with Crippen LogP contribution in [0.1, 0.15) is 40.5 Å². The molecule has 1 amide bonds. The summed E-state index contributed by atoms with van der Waals surface area (Å²) in [6, 6.07) is 0.154. The van der Waals surface area contributed by atoms with Crippen LogP contribution in [-0.4, -0.2) is 24.5 Å². The van der Waals surface area contributed by atoms with Gasteiger partial charge in [0.2, 0.25) is 5.91 Å². The van der Waals surface area contributed by atoms with Gasteiger partial charge in [-0.3, -0.25) is 9.79 Å². The molecule has 0 aliphatic carbocycles. The number of guanidine groups is 1. The van der Waals surface area contributed by atoms with Gasteiger partial charge < -0.3 is 16.8 Å². The lowest BCUT2D eigenvalue weighted by atomic mass is 9.95. The standard InChI is InChI=1S/C11H24N4O/c1-8(6-5-7-14-10(12)13)15-9(16)11(2,3)4/h8H,5-7H2,1-4H3,(H,15,16)(H4,12,13,14). The van der Waals surface area contributed by atoms with Crippen molar-refractivity contribution in [1.29, 1.82) is 0 Å². The van der Waals surface area contributed by atoms with E-state index in [0.29, 0.717) is 6.54 Å². The molecule has 0 saturated carbocycles. The van der Waals surface area contributed by atoms with Crippen molar-refractivity contribution in [1.82, 2.24) is 5.32 Å². The summed E-state index contributed by atoms with van der Waals surface area (Å²) in [5.41, 5.74) is 10.1. The number of nitrogens with zero attached hydrogens (tertiary/aromatic N) is 1. The molecule has 0 rings (SSSR count). The molecular weight excluding hydrogens is 204 g/mol. The van der Waals surface area contributed by atoms with Gasteiger partial charge in [-0.25, -0.2) is 0 Å². The Kier molecular flexibility index (Phi) is 5.85. The van der Waals surface area contributed by atoms with E-state index in [2.05, 4.69) is 10.3 Å². The quantitative estimate of drug-likeness (QED) is 0.365. The Morgan fingerprint density at radius 3 is 2.38 bits per heavy atom. The van der Waals surface area contributed by atoms with Gasteiger partial charge in [0.25, 0.3) is 0 Å². The molecular formula is C11H24N4O. The fraction of sp³-hybridized carbons (Fsp3) is 0.818. The van der Waals surface area contributed by atoms with Crippen molar-refractivity contribution in [2.45, 2.75) is 46.6 Å². The molecule has 0 aliphatic rings. The van der Waals surface area contributed by atoms with Crippen molar-refractivity contribution in [3.8, 4) is 0 Å². The molecule has 0 aromatic carbocycles. The Labute approximate surface area is 97.7 Å². The summed E-state index contributed by atoms with van der Waals surface area (Å²) in [5, 5.41) is 2.96. The Morgan fingerprint density at radius 2 is 1.94 bits per heavy atom. The van der Waals surface area contributed by atoms with Crippen molar-refractivity contribution in [2.24, 2.45) is 21.9 Å². The Bertz CT molecular complexity index is 251. The molecule has 16 heavy (non-hydrogen) atoms. The summed E-state index contributed by atoms with van der Waals surface area (Å²) in [7, 11) is 0. The number of aliphatic imine (C=N–C) groups is 1. The topological polar surface area (TPSA) is 93.5 Å². The number of rotatable bonds is 5. The lowest BCUT2D eigenvalue weighted by molar-refractivity contribution is -0.129. The number of nitrogens with two attached hydrogens (primary N) is 2. The van der Waals surface area contributed by atoms with E-state index in [0.717, 1.165) is 12.8 Å². The molecule has 94 valence electrons. The maximum Gasteiger partial charge on any atom is 0.225 e. The van der Waals surface area contributed by atoms with Crippen LogP contribution in [-0.2, 0) is 4.79 Å². The maximum atomic E-state index is 11.6. The first-order valence-electron chi connectivity index (χ1n) is 5.60. The fourth-order valence-electron chi connectivity index (χ4n) is 1.12. The van der Waals surface area contributed by atoms with E-state index in [-0.39, 0.29) is 23.3 Å². The molecule has 1 atom stereocenters. The fourth-order valence-corrected chi connectivity index (χ4v) is 1.12. The highest BCUT2D eigenvalue weighted by atomic mass is 16.2. The van der Waals surface area contributed by atoms with Crippen molar-refractivity contribution in [2.75, 3.05) is 6.54 Å². The van der Waals surface area contributed by atoms with Crippen LogP contribution >= 0.6 is 0 Å². The first kappa shape index (κ1) is 14.7. The van der Waals surface area contributed by atoms with Gasteiger partial charge in [-0.15, -0.1) is 0 Å². The highest BCUT2D eigenvalue weighted by molar-refractivity contribution is 5.81. The SMILES string of the molecule is CC(CCCN=C(N)N)NC(=O)C(C)(C)C. The third kappa shape index (κ3) is 7.09. The summed E-state index contributed by atoms with van der Waals surface area (Å²) < 4.78 is 0. The molecule has 5 N–H and O–H groups in total. The summed E-state index contributed by atoms with van der Waals surface area (Å²) in [6.45, 7) is 8.29. The summed E-state index contributed by atoms with van der Waals surface area (Å²) in [6.07, 6.45) is 1.74. The van der Waals surface area contributed by atoms with Crippen molar-refractivity contribution in [3.63, 3.8) is 0 Å². The molecule has 0 aromatic heterocycles. The van der Waals surface area contributed by atoms with E-state index < -0.39 is 0 Å². The Morgan fingerprint density at radius 1 is 1.38 bits per heavy atom. The molecule has 0 aromatic rings. The number of nitrogens with one attached hydrogen (secondary N) is 1. The first-order valence-corrected chi connectivity index (χ1v) is 5.60. The van der Waals surface area contributed by atoms with Crippen LogP contribution < -0.4 is 16.8 Å². The van der Waals surface area contributed by atoms with Gasteiger partial charge in [0.15, 0.2) is 5.96 Å². The van der Waals surface area contributed by atoms with E-state index in [1.54, 1.807) is 0 Å².